The molecule has 0 aliphatic carbocycles. The van der Waals surface area contributed by atoms with Crippen molar-refractivity contribution in [2.45, 2.75) is 39.8 Å². The summed E-state index contributed by atoms with van der Waals surface area (Å²) in [5, 5.41) is 0. The van der Waals surface area contributed by atoms with Gasteiger partial charge in [0.1, 0.15) is 0 Å². The van der Waals surface area contributed by atoms with Crippen LogP contribution in [-0.2, 0) is 4.74 Å². The predicted molar refractivity (Wildman–Crippen MR) is 86.9 cm³/mol. The summed E-state index contributed by atoms with van der Waals surface area (Å²) in [4.78, 5) is 26.3. The van der Waals surface area contributed by atoms with Gasteiger partial charge in [-0.2, -0.15) is 0 Å². The van der Waals surface area contributed by atoms with Crippen LogP contribution in [0.2, 0.25) is 0 Å². The maximum atomic E-state index is 12.7. The van der Waals surface area contributed by atoms with Gasteiger partial charge in [0.2, 0.25) is 0 Å². The third kappa shape index (κ3) is 3.71. The number of hydrogen-bond acceptors (Lipinski definition) is 3. The van der Waals surface area contributed by atoms with Crippen molar-refractivity contribution in [2.75, 3.05) is 7.11 Å². The zero-order valence-corrected chi connectivity index (χ0v) is 14.6. The first kappa shape index (κ1) is 16.9. The molecule has 0 fully saturated rings. The molecule has 20 heavy (non-hydrogen) atoms. The van der Waals surface area contributed by atoms with Gasteiger partial charge in [-0.05, 0) is 68.5 Å². The van der Waals surface area contributed by atoms with Gasteiger partial charge in [0.05, 0.1) is 18.2 Å². The van der Waals surface area contributed by atoms with Crippen LogP contribution in [0.5, 0.6) is 0 Å². The SMILES string of the molecule is COC(=O)c1ccc(I)cc1C(=O)N(C(C)C)C(C)C. The van der Waals surface area contributed by atoms with E-state index in [1.165, 1.54) is 7.11 Å². The molecule has 110 valence electrons. The molecule has 1 aromatic carbocycles. The topological polar surface area (TPSA) is 46.6 Å². The predicted octanol–water partition coefficient (Wildman–Crippen LogP) is 3.34. The van der Waals surface area contributed by atoms with Crippen LogP contribution in [0.15, 0.2) is 18.2 Å². The third-order valence-corrected chi connectivity index (χ3v) is 3.64. The normalized spacial score (nSPS) is 10.8. The van der Waals surface area contributed by atoms with Crippen LogP contribution < -0.4 is 0 Å². The lowest BCUT2D eigenvalue weighted by Crippen LogP contribution is -2.42. The number of carbonyl (C=O) groups is 2. The van der Waals surface area contributed by atoms with Gasteiger partial charge in [0.25, 0.3) is 5.91 Å². The van der Waals surface area contributed by atoms with Crippen LogP contribution in [0.4, 0.5) is 0 Å². The Hall–Kier alpha value is -1.11. The Kier molecular flexibility index (Phi) is 5.98. The molecule has 1 rings (SSSR count). The van der Waals surface area contributed by atoms with E-state index >= 15 is 0 Å². The Morgan fingerprint density at radius 1 is 1.10 bits per heavy atom. The van der Waals surface area contributed by atoms with Crippen molar-refractivity contribution in [3.63, 3.8) is 0 Å². The molecule has 0 aromatic heterocycles. The minimum atomic E-state index is -0.489. The molecule has 0 N–H and O–H groups in total. The molecule has 0 bridgehead atoms. The van der Waals surface area contributed by atoms with Crippen LogP contribution in [-0.4, -0.2) is 36.0 Å². The molecule has 0 unspecified atom stereocenters. The molecular weight excluding hydrogens is 369 g/mol. The van der Waals surface area contributed by atoms with Gasteiger partial charge >= 0.3 is 5.97 Å². The molecule has 0 spiro atoms. The summed E-state index contributed by atoms with van der Waals surface area (Å²) in [5.74, 6) is -0.633. The smallest absolute Gasteiger partial charge is 0.338 e. The van der Waals surface area contributed by atoms with Gasteiger partial charge in [-0.3, -0.25) is 4.79 Å². The number of ether oxygens (including phenoxy) is 1. The number of carbonyl (C=O) groups excluding carboxylic acids is 2. The third-order valence-electron chi connectivity index (χ3n) is 2.96. The lowest BCUT2D eigenvalue weighted by atomic mass is 10.0. The van der Waals surface area contributed by atoms with Gasteiger partial charge in [0, 0.05) is 15.7 Å². The fourth-order valence-electron chi connectivity index (χ4n) is 2.19. The second-order valence-corrected chi connectivity index (χ2v) is 6.33. The summed E-state index contributed by atoms with van der Waals surface area (Å²) in [6.07, 6.45) is 0. The Morgan fingerprint density at radius 3 is 2.10 bits per heavy atom. The maximum Gasteiger partial charge on any atom is 0.338 e. The molecule has 0 radical (unpaired) electrons. The molecule has 0 atom stereocenters. The highest BCUT2D eigenvalue weighted by molar-refractivity contribution is 14.1. The van der Waals surface area contributed by atoms with Crippen LogP contribution in [0.3, 0.4) is 0 Å². The van der Waals surface area contributed by atoms with Gasteiger partial charge in [-0.25, -0.2) is 4.79 Å². The van der Waals surface area contributed by atoms with Crippen molar-refractivity contribution in [3.8, 4) is 0 Å². The standard InChI is InChI=1S/C15H20INO3/c1-9(2)17(10(3)4)14(18)13-8-11(16)6-7-12(13)15(19)20-5/h6-10H,1-5H3. The molecule has 0 aliphatic rings. The number of amides is 1. The zero-order chi connectivity index (χ0) is 15.4. The lowest BCUT2D eigenvalue weighted by molar-refractivity contribution is 0.0573. The van der Waals surface area contributed by atoms with E-state index in [2.05, 4.69) is 22.6 Å². The van der Waals surface area contributed by atoms with Gasteiger partial charge in [0.15, 0.2) is 0 Å². The summed E-state index contributed by atoms with van der Waals surface area (Å²) in [6, 6.07) is 5.28. The summed E-state index contributed by atoms with van der Waals surface area (Å²) >= 11 is 2.13. The molecule has 0 saturated carbocycles. The highest BCUT2D eigenvalue weighted by Crippen LogP contribution is 2.19. The summed E-state index contributed by atoms with van der Waals surface area (Å²) in [6.45, 7) is 7.85. The number of benzene rings is 1. The first-order chi connectivity index (χ1) is 9.29. The van der Waals surface area contributed by atoms with Crippen LogP contribution in [0.1, 0.15) is 48.4 Å². The van der Waals surface area contributed by atoms with E-state index in [-0.39, 0.29) is 18.0 Å². The highest BCUT2D eigenvalue weighted by atomic mass is 127. The fourth-order valence-corrected chi connectivity index (χ4v) is 2.68. The number of methoxy groups -OCH3 is 1. The molecule has 0 saturated heterocycles. The Morgan fingerprint density at radius 2 is 1.65 bits per heavy atom. The van der Waals surface area contributed by atoms with Crippen molar-refractivity contribution in [1.82, 2.24) is 4.90 Å². The Labute approximate surface area is 133 Å². The highest BCUT2D eigenvalue weighted by Gasteiger charge is 2.26. The maximum absolute atomic E-state index is 12.7. The van der Waals surface area contributed by atoms with E-state index in [4.69, 9.17) is 4.74 Å². The quantitative estimate of drug-likeness (QED) is 0.586. The monoisotopic (exact) mass is 389 g/mol. The fraction of sp³-hybridized carbons (Fsp3) is 0.467. The van der Waals surface area contributed by atoms with E-state index in [0.717, 1.165) is 3.57 Å². The average Bonchev–Trinajstić information content (AvgIpc) is 2.36. The molecule has 5 heteroatoms. The van der Waals surface area contributed by atoms with E-state index in [1.807, 2.05) is 27.7 Å². The van der Waals surface area contributed by atoms with Crippen LogP contribution in [0, 0.1) is 3.57 Å². The van der Waals surface area contributed by atoms with Crippen LogP contribution in [0.25, 0.3) is 0 Å². The van der Waals surface area contributed by atoms with E-state index < -0.39 is 5.97 Å². The van der Waals surface area contributed by atoms with E-state index in [0.29, 0.717) is 11.1 Å². The molecular formula is C15H20INO3. The van der Waals surface area contributed by atoms with Crippen molar-refractivity contribution in [3.05, 3.63) is 32.9 Å². The van der Waals surface area contributed by atoms with Crippen LogP contribution >= 0.6 is 22.6 Å². The van der Waals surface area contributed by atoms with Gasteiger partial charge < -0.3 is 9.64 Å². The zero-order valence-electron chi connectivity index (χ0n) is 12.4. The number of nitrogens with zero attached hydrogens (tertiary/aromatic N) is 1. The molecule has 0 aliphatic heterocycles. The second kappa shape index (κ2) is 7.06. The summed E-state index contributed by atoms with van der Waals surface area (Å²) < 4.78 is 5.66. The largest absolute Gasteiger partial charge is 0.465 e. The van der Waals surface area contributed by atoms with Crippen molar-refractivity contribution < 1.29 is 14.3 Å². The Bertz CT molecular complexity index is 504. The van der Waals surface area contributed by atoms with Crippen molar-refractivity contribution in [2.24, 2.45) is 0 Å². The Balaban J connectivity index is 3.33. The summed E-state index contributed by atoms with van der Waals surface area (Å²) in [7, 11) is 1.32. The second-order valence-electron chi connectivity index (χ2n) is 5.08. The average molecular weight is 389 g/mol. The first-order valence-corrected chi connectivity index (χ1v) is 7.58. The van der Waals surface area contributed by atoms with Gasteiger partial charge in [-0.15, -0.1) is 0 Å². The lowest BCUT2D eigenvalue weighted by Gasteiger charge is -2.31. The molecule has 0 heterocycles. The number of halogens is 1. The first-order valence-electron chi connectivity index (χ1n) is 6.50. The molecule has 4 nitrogen and oxygen atoms in total. The minimum Gasteiger partial charge on any atom is -0.465 e. The van der Waals surface area contributed by atoms with E-state index in [1.54, 1.807) is 23.1 Å². The van der Waals surface area contributed by atoms with E-state index in [9.17, 15) is 9.59 Å². The number of hydrogen-bond donors (Lipinski definition) is 0. The summed E-state index contributed by atoms with van der Waals surface area (Å²) in [5.41, 5.74) is 0.704. The number of rotatable bonds is 4. The molecule has 1 aromatic rings. The van der Waals surface area contributed by atoms with Crippen molar-refractivity contribution >= 4 is 34.5 Å². The van der Waals surface area contributed by atoms with Gasteiger partial charge in [-0.1, -0.05) is 0 Å². The minimum absolute atomic E-state index is 0.0610. The van der Waals surface area contributed by atoms with Crippen molar-refractivity contribution in [1.29, 1.82) is 0 Å². The molecule has 1 amide bonds. The number of esters is 1.